The molecule has 0 aromatic heterocycles. The summed E-state index contributed by atoms with van der Waals surface area (Å²) in [6.07, 6.45) is -0.124. The normalized spacial score (nSPS) is 22.0. The number of rotatable bonds is 8. The van der Waals surface area contributed by atoms with E-state index in [0.29, 0.717) is 16.5 Å². The van der Waals surface area contributed by atoms with Gasteiger partial charge in [0.25, 0.3) is 10.1 Å². The van der Waals surface area contributed by atoms with Crippen LogP contribution in [-0.2, 0) is 38.1 Å². The van der Waals surface area contributed by atoms with Crippen LogP contribution in [-0.4, -0.2) is 71.0 Å². The summed E-state index contributed by atoms with van der Waals surface area (Å²) in [4.78, 5) is 36.1. The van der Waals surface area contributed by atoms with Crippen LogP contribution in [0.1, 0.15) is 25.6 Å². The lowest BCUT2D eigenvalue weighted by Crippen LogP contribution is -2.41. The van der Waals surface area contributed by atoms with Crippen LogP contribution >= 0.6 is 11.8 Å². The van der Waals surface area contributed by atoms with E-state index in [1.165, 1.54) is 50.4 Å². The lowest BCUT2D eigenvalue weighted by Gasteiger charge is -2.26. The Bertz CT molecular complexity index is 1330. The molecule has 0 bridgehead atoms. The van der Waals surface area contributed by atoms with Crippen LogP contribution in [0.3, 0.4) is 0 Å². The first-order chi connectivity index (χ1) is 17.1. The van der Waals surface area contributed by atoms with Crippen molar-refractivity contribution in [1.29, 1.82) is 0 Å². The third-order valence-corrected chi connectivity index (χ3v) is 7.49. The summed E-state index contributed by atoms with van der Waals surface area (Å²) < 4.78 is 50.2. The van der Waals surface area contributed by atoms with Crippen LogP contribution in [0.5, 0.6) is 0 Å². The van der Waals surface area contributed by atoms with Crippen molar-refractivity contribution in [3.63, 3.8) is 0 Å². The molecule has 3 heterocycles. The molecule has 36 heavy (non-hydrogen) atoms. The molecule has 0 amide bonds. The molecule has 1 saturated heterocycles. The molecule has 0 unspecified atom stereocenters. The molecule has 3 aliphatic rings. The first-order valence-electron chi connectivity index (χ1n) is 10.8. The highest BCUT2D eigenvalue weighted by atomic mass is 32.2. The lowest BCUT2D eigenvalue weighted by molar-refractivity contribution is -0.155. The van der Waals surface area contributed by atoms with Gasteiger partial charge >= 0.3 is 11.9 Å². The Morgan fingerprint density at radius 3 is 2.44 bits per heavy atom. The molecule has 0 aliphatic carbocycles. The van der Waals surface area contributed by atoms with Gasteiger partial charge in [-0.05, 0) is 25.3 Å². The van der Waals surface area contributed by atoms with Crippen LogP contribution in [0.2, 0.25) is 0 Å². The number of hydrogen-bond donors (Lipinski definition) is 0. The van der Waals surface area contributed by atoms with Crippen molar-refractivity contribution in [2.24, 2.45) is 0 Å². The minimum absolute atomic E-state index is 0.0861. The van der Waals surface area contributed by atoms with Crippen LogP contribution in [0, 0.1) is 6.92 Å². The largest absolute Gasteiger partial charge is 0.463 e. The van der Waals surface area contributed by atoms with Crippen LogP contribution in [0.15, 0.2) is 46.8 Å². The number of thioether (sulfide) groups is 1. The summed E-state index contributed by atoms with van der Waals surface area (Å²) in [5.74, 6) is -0.876. The number of aryl methyl sites for hydroxylation is 1. The molecule has 14 heteroatoms. The van der Waals surface area contributed by atoms with Gasteiger partial charge in [0, 0.05) is 13.8 Å². The maximum absolute atomic E-state index is 13.2. The first-order valence-corrected chi connectivity index (χ1v) is 13.4. The summed E-state index contributed by atoms with van der Waals surface area (Å²) in [7, 11) is -4.31. The molecule has 1 aromatic rings. The quantitative estimate of drug-likeness (QED) is 0.179. The SMILES string of the molecule is CSc1c2ncnc-2ncn1[C@@H]1O[C@H](COC(C)=O)[C@H](OS(=O)(=O)c2ccc(C)cc2)[C@H]1OC(C)=O. The maximum atomic E-state index is 13.2. The highest BCUT2D eigenvalue weighted by Gasteiger charge is 2.52. The fraction of sp³-hybridized carbons (Fsp3) is 0.409. The second kappa shape index (κ2) is 10.5. The smallest absolute Gasteiger partial charge is 0.303 e. The van der Waals surface area contributed by atoms with E-state index in [0.717, 1.165) is 5.56 Å². The van der Waals surface area contributed by atoms with E-state index in [1.807, 2.05) is 13.2 Å². The lowest BCUT2D eigenvalue weighted by atomic mass is 10.1. The minimum Gasteiger partial charge on any atom is -0.463 e. The number of ether oxygens (including phenoxy) is 3. The molecule has 1 aromatic carbocycles. The molecule has 4 atom stereocenters. The molecule has 3 aliphatic heterocycles. The number of aromatic nitrogens is 4. The van der Waals surface area contributed by atoms with Crippen molar-refractivity contribution in [3.05, 3.63) is 42.5 Å². The standard InChI is InChI=1S/C22H24N4O8S2/c1-12-5-7-15(8-6-12)36(29,30)34-18-16(9-31-13(2)27)33-21(19(18)32-14(3)28)26-11-25-20-17(22(26)35-4)23-10-24-20/h5-8,10-11,16,18-19,21H,9H2,1-4H3/t16-,18+,19-,21-/m1/s1. The summed E-state index contributed by atoms with van der Waals surface area (Å²) in [5.41, 5.74) is 1.35. The van der Waals surface area contributed by atoms with Crippen molar-refractivity contribution >= 4 is 33.8 Å². The highest BCUT2D eigenvalue weighted by Crippen LogP contribution is 2.39. The number of imidazole rings is 1. The third kappa shape index (κ3) is 5.36. The van der Waals surface area contributed by atoms with Gasteiger partial charge < -0.3 is 14.2 Å². The second-order valence-corrected chi connectivity index (χ2v) is 10.3. The van der Waals surface area contributed by atoms with E-state index in [-0.39, 0.29) is 11.5 Å². The molecule has 12 nitrogen and oxygen atoms in total. The molecular formula is C22H24N4O8S2. The van der Waals surface area contributed by atoms with Crippen LogP contribution < -0.4 is 0 Å². The Morgan fingerprint density at radius 1 is 1.08 bits per heavy atom. The van der Waals surface area contributed by atoms with Crippen molar-refractivity contribution in [1.82, 2.24) is 19.5 Å². The molecule has 0 spiro atoms. The van der Waals surface area contributed by atoms with Gasteiger partial charge in [0.15, 0.2) is 18.2 Å². The molecular weight excluding hydrogens is 512 g/mol. The zero-order chi connectivity index (χ0) is 26.0. The molecule has 0 N–H and O–H groups in total. The summed E-state index contributed by atoms with van der Waals surface area (Å²) in [6.45, 7) is 3.88. The van der Waals surface area contributed by atoms with Gasteiger partial charge in [-0.2, -0.15) is 8.42 Å². The Hall–Kier alpha value is -3.07. The summed E-state index contributed by atoms with van der Waals surface area (Å²) >= 11 is 1.32. The fourth-order valence-electron chi connectivity index (χ4n) is 3.79. The van der Waals surface area contributed by atoms with E-state index >= 15 is 0 Å². The van der Waals surface area contributed by atoms with Crippen molar-refractivity contribution in [2.75, 3.05) is 12.9 Å². The van der Waals surface area contributed by atoms with Crippen molar-refractivity contribution < 1.29 is 36.4 Å². The number of esters is 2. The number of carbonyl (C=O) groups is 2. The zero-order valence-corrected chi connectivity index (χ0v) is 21.5. The number of benzene rings is 1. The van der Waals surface area contributed by atoms with Crippen molar-refractivity contribution in [3.8, 4) is 11.5 Å². The first kappa shape index (κ1) is 26.0. The minimum atomic E-state index is -4.31. The molecule has 192 valence electrons. The zero-order valence-electron chi connectivity index (χ0n) is 19.9. The van der Waals surface area contributed by atoms with E-state index < -0.39 is 46.6 Å². The molecule has 0 radical (unpaired) electrons. The Labute approximate surface area is 211 Å². The van der Waals surface area contributed by atoms with Crippen LogP contribution in [0.25, 0.3) is 11.5 Å². The highest BCUT2D eigenvalue weighted by molar-refractivity contribution is 7.98. The number of carbonyl (C=O) groups excluding carboxylic acids is 2. The number of nitrogens with zero attached hydrogens (tertiary/aromatic N) is 4. The number of fused-ring (bicyclic) bond motifs is 1. The van der Waals surface area contributed by atoms with E-state index in [2.05, 4.69) is 15.0 Å². The Balaban J connectivity index is 1.77. The summed E-state index contributed by atoms with van der Waals surface area (Å²) in [5, 5.41) is 0.591. The van der Waals surface area contributed by atoms with Crippen molar-refractivity contribution in [2.45, 2.75) is 55.2 Å². The van der Waals surface area contributed by atoms with Gasteiger partial charge in [-0.25, -0.2) is 15.0 Å². The average molecular weight is 537 g/mol. The molecule has 0 saturated carbocycles. The predicted octanol–water partition coefficient (Wildman–Crippen LogP) is 1.97. The van der Waals surface area contributed by atoms with Gasteiger partial charge in [0.2, 0.25) is 0 Å². The van der Waals surface area contributed by atoms with Gasteiger partial charge in [-0.3, -0.25) is 18.3 Å². The Kier molecular flexibility index (Phi) is 7.59. The molecule has 4 rings (SSSR count). The van der Waals surface area contributed by atoms with Gasteiger partial charge in [-0.15, -0.1) is 11.8 Å². The van der Waals surface area contributed by atoms with Crippen LogP contribution in [0.4, 0.5) is 0 Å². The maximum Gasteiger partial charge on any atom is 0.303 e. The fourth-order valence-corrected chi connectivity index (χ4v) is 5.59. The summed E-state index contributed by atoms with van der Waals surface area (Å²) in [6, 6.07) is 6.08. The van der Waals surface area contributed by atoms with Gasteiger partial charge in [0.05, 0.1) is 4.90 Å². The Morgan fingerprint density at radius 2 is 1.81 bits per heavy atom. The second-order valence-electron chi connectivity index (χ2n) is 7.98. The van der Waals surface area contributed by atoms with E-state index in [4.69, 9.17) is 18.4 Å². The third-order valence-electron chi connectivity index (χ3n) is 5.37. The molecule has 1 fully saturated rings. The number of hydrogen-bond acceptors (Lipinski definition) is 12. The van der Waals surface area contributed by atoms with E-state index in [1.54, 1.807) is 16.7 Å². The predicted molar refractivity (Wildman–Crippen MR) is 126 cm³/mol. The van der Waals surface area contributed by atoms with E-state index in [9.17, 15) is 18.0 Å². The monoisotopic (exact) mass is 536 g/mol. The van der Waals surface area contributed by atoms with Gasteiger partial charge in [0.1, 0.15) is 42.2 Å². The topological polar surface area (TPSA) is 149 Å². The van der Waals surface area contributed by atoms with Gasteiger partial charge in [-0.1, -0.05) is 17.7 Å². The average Bonchev–Trinajstić information content (AvgIpc) is 3.42.